The van der Waals surface area contributed by atoms with Crippen LogP contribution in [-0.2, 0) is 16.0 Å². The van der Waals surface area contributed by atoms with Crippen molar-refractivity contribution >= 4 is 11.8 Å². The molecule has 0 fully saturated rings. The molecule has 2 aromatic carbocycles. The van der Waals surface area contributed by atoms with E-state index < -0.39 is 6.04 Å². The number of halogens is 1. The molecule has 2 amide bonds. The molecule has 0 radical (unpaired) electrons. The predicted molar refractivity (Wildman–Crippen MR) is 107 cm³/mol. The van der Waals surface area contributed by atoms with E-state index in [0.29, 0.717) is 31.7 Å². The zero-order chi connectivity index (χ0) is 20.4. The molecule has 0 bridgehead atoms. The summed E-state index contributed by atoms with van der Waals surface area (Å²) in [6.07, 6.45) is 1.14. The third kappa shape index (κ3) is 6.37. The summed E-state index contributed by atoms with van der Waals surface area (Å²) in [6, 6.07) is 14.7. The summed E-state index contributed by atoms with van der Waals surface area (Å²) in [5.41, 5.74) is 1.09. The number of ether oxygens (including phenoxy) is 1. The molecule has 150 valence electrons. The van der Waals surface area contributed by atoms with Crippen molar-refractivity contribution in [3.05, 3.63) is 66.0 Å². The largest absolute Gasteiger partial charge is 0.484 e. The molecule has 0 saturated heterocycles. The van der Waals surface area contributed by atoms with Crippen molar-refractivity contribution in [2.24, 2.45) is 0 Å². The summed E-state index contributed by atoms with van der Waals surface area (Å²) in [5.74, 6) is -0.416. The summed E-state index contributed by atoms with van der Waals surface area (Å²) >= 11 is 0. The number of nitrogens with one attached hydrogen (secondary N) is 1. The van der Waals surface area contributed by atoms with Crippen molar-refractivity contribution in [1.29, 1.82) is 0 Å². The van der Waals surface area contributed by atoms with Gasteiger partial charge in [0.25, 0.3) is 5.91 Å². The van der Waals surface area contributed by atoms with Crippen molar-refractivity contribution in [1.82, 2.24) is 10.2 Å². The minimum atomic E-state index is -0.562. The van der Waals surface area contributed by atoms with Gasteiger partial charge in [0.2, 0.25) is 5.91 Å². The standard InChI is InChI=1S/C22H27FN2O3/c1-3-20(22(27)24-4-2)25(15-14-17-8-6-5-7-9-17)21(26)16-28-19-12-10-18(23)11-13-19/h5-13,20H,3-4,14-16H2,1-2H3,(H,24,27). The molecule has 2 rings (SSSR count). The number of rotatable bonds is 10. The molecule has 1 atom stereocenters. The Hall–Kier alpha value is -2.89. The Bertz CT molecular complexity index is 750. The van der Waals surface area contributed by atoms with Crippen molar-refractivity contribution in [2.75, 3.05) is 19.7 Å². The van der Waals surface area contributed by atoms with E-state index in [4.69, 9.17) is 4.74 Å². The monoisotopic (exact) mass is 386 g/mol. The topological polar surface area (TPSA) is 58.6 Å². The number of hydrogen-bond acceptors (Lipinski definition) is 3. The lowest BCUT2D eigenvalue weighted by Crippen LogP contribution is -2.51. The zero-order valence-electron chi connectivity index (χ0n) is 16.4. The highest BCUT2D eigenvalue weighted by molar-refractivity contribution is 5.88. The minimum absolute atomic E-state index is 0.173. The fourth-order valence-corrected chi connectivity index (χ4v) is 2.95. The highest BCUT2D eigenvalue weighted by atomic mass is 19.1. The van der Waals surface area contributed by atoms with Crippen molar-refractivity contribution in [2.45, 2.75) is 32.7 Å². The fraction of sp³-hybridized carbons (Fsp3) is 0.364. The molecule has 6 heteroatoms. The second-order valence-corrected chi connectivity index (χ2v) is 6.38. The van der Waals surface area contributed by atoms with Crippen molar-refractivity contribution in [3.63, 3.8) is 0 Å². The molecule has 2 aromatic rings. The lowest BCUT2D eigenvalue weighted by Gasteiger charge is -2.30. The molecule has 1 unspecified atom stereocenters. The van der Waals surface area contributed by atoms with Gasteiger partial charge in [-0.25, -0.2) is 4.39 Å². The third-order valence-electron chi connectivity index (χ3n) is 4.40. The van der Waals surface area contributed by atoms with Crippen LogP contribution in [0.1, 0.15) is 25.8 Å². The van der Waals surface area contributed by atoms with Gasteiger partial charge in [-0.3, -0.25) is 9.59 Å². The second-order valence-electron chi connectivity index (χ2n) is 6.38. The Balaban J connectivity index is 2.09. The Morgan fingerprint density at radius 2 is 1.75 bits per heavy atom. The molecule has 0 heterocycles. The van der Waals surface area contributed by atoms with E-state index in [-0.39, 0.29) is 24.2 Å². The average Bonchev–Trinajstić information content (AvgIpc) is 2.71. The summed E-state index contributed by atoms with van der Waals surface area (Å²) in [4.78, 5) is 26.9. The number of hydrogen-bond donors (Lipinski definition) is 1. The van der Waals surface area contributed by atoms with E-state index in [2.05, 4.69) is 5.32 Å². The molecule has 0 aromatic heterocycles. The first-order chi connectivity index (χ1) is 13.5. The number of likely N-dealkylation sites (N-methyl/N-ethyl adjacent to an activating group) is 1. The van der Waals surface area contributed by atoms with Gasteiger partial charge in [-0.15, -0.1) is 0 Å². The summed E-state index contributed by atoms with van der Waals surface area (Å²) in [5, 5.41) is 2.79. The summed E-state index contributed by atoms with van der Waals surface area (Å²) < 4.78 is 18.5. The third-order valence-corrected chi connectivity index (χ3v) is 4.40. The molecule has 0 aliphatic rings. The molecule has 1 N–H and O–H groups in total. The smallest absolute Gasteiger partial charge is 0.261 e. The van der Waals surface area contributed by atoms with E-state index >= 15 is 0 Å². The van der Waals surface area contributed by atoms with Crippen LogP contribution in [0.5, 0.6) is 5.75 Å². The number of benzene rings is 2. The molecule has 0 saturated carbocycles. The first-order valence-corrected chi connectivity index (χ1v) is 9.54. The van der Waals surface area contributed by atoms with E-state index in [0.717, 1.165) is 5.56 Å². The van der Waals surface area contributed by atoms with E-state index in [1.54, 1.807) is 4.90 Å². The molecule has 0 aliphatic heterocycles. The second kappa shape index (κ2) is 11.1. The highest BCUT2D eigenvalue weighted by Crippen LogP contribution is 2.13. The maximum absolute atomic E-state index is 13.0. The van der Waals surface area contributed by atoms with Crippen LogP contribution in [0.25, 0.3) is 0 Å². The van der Waals surface area contributed by atoms with Gasteiger partial charge in [0.1, 0.15) is 17.6 Å². The van der Waals surface area contributed by atoms with Crippen LogP contribution in [0.15, 0.2) is 54.6 Å². The molecule has 0 aliphatic carbocycles. The molecular formula is C22H27FN2O3. The maximum atomic E-state index is 13.0. The van der Waals surface area contributed by atoms with Crippen LogP contribution in [-0.4, -0.2) is 42.5 Å². The SMILES string of the molecule is CCNC(=O)C(CC)N(CCc1ccccc1)C(=O)COc1ccc(F)cc1. The predicted octanol–water partition coefficient (Wildman–Crippen LogP) is 3.19. The van der Waals surface area contributed by atoms with Gasteiger partial charge in [0.05, 0.1) is 0 Å². The molecule has 0 spiro atoms. The van der Waals surface area contributed by atoms with Gasteiger partial charge in [-0.05, 0) is 49.6 Å². The summed E-state index contributed by atoms with van der Waals surface area (Å²) in [6.45, 7) is 4.42. The average molecular weight is 386 g/mol. The van der Waals surface area contributed by atoms with Crippen LogP contribution >= 0.6 is 0 Å². The van der Waals surface area contributed by atoms with Crippen molar-refractivity contribution < 1.29 is 18.7 Å². The number of carbonyl (C=O) groups is 2. The lowest BCUT2D eigenvalue weighted by atomic mass is 10.1. The van der Waals surface area contributed by atoms with Crippen LogP contribution in [0.3, 0.4) is 0 Å². The van der Waals surface area contributed by atoms with Gasteiger partial charge in [0.15, 0.2) is 6.61 Å². The Labute approximate surface area is 165 Å². The van der Waals surface area contributed by atoms with Crippen LogP contribution in [0, 0.1) is 5.82 Å². The Morgan fingerprint density at radius 3 is 2.36 bits per heavy atom. The van der Waals surface area contributed by atoms with E-state index in [1.165, 1.54) is 24.3 Å². The first-order valence-electron chi connectivity index (χ1n) is 9.54. The number of amides is 2. The first kappa shape index (κ1) is 21.4. The van der Waals surface area contributed by atoms with Crippen LogP contribution in [0.2, 0.25) is 0 Å². The summed E-state index contributed by atoms with van der Waals surface area (Å²) in [7, 11) is 0. The molecular weight excluding hydrogens is 359 g/mol. The van der Waals surface area contributed by atoms with Gasteiger partial charge in [-0.2, -0.15) is 0 Å². The maximum Gasteiger partial charge on any atom is 0.261 e. The van der Waals surface area contributed by atoms with Crippen molar-refractivity contribution in [3.8, 4) is 5.75 Å². The quantitative estimate of drug-likeness (QED) is 0.682. The number of nitrogens with zero attached hydrogens (tertiary/aromatic N) is 1. The van der Waals surface area contributed by atoms with E-state index in [1.807, 2.05) is 44.2 Å². The van der Waals surface area contributed by atoms with Gasteiger partial charge >= 0.3 is 0 Å². The van der Waals surface area contributed by atoms with E-state index in [9.17, 15) is 14.0 Å². The van der Waals surface area contributed by atoms with Gasteiger partial charge in [0, 0.05) is 13.1 Å². The normalized spacial score (nSPS) is 11.5. The van der Waals surface area contributed by atoms with Crippen LogP contribution in [0.4, 0.5) is 4.39 Å². The van der Waals surface area contributed by atoms with Crippen LogP contribution < -0.4 is 10.1 Å². The Kier molecular flexibility index (Phi) is 8.46. The molecule has 28 heavy (non-hydrogen) atoms. The molecule has 5 nitrogen and oxygen atoms in total. The van der Waals surface area contributed by atoms with Gasteiger partial charge < -0.3 is 15.0 Å². The fourth-order valence-electron chi connectivity index (χ4n) is 2.95. The zero-order valence-corrected chi connectivity index (χ0v) is 16.4. The Morgan fingerprint density at radius 1 is 1.07 bits per heavy atom. The highest BCUT2D eigenvalue weighted by Gasteiger charge is 2.28. The lowest BCUT2D eigenvalue weighted by molar-refractivity contribution is -0.142. The van der Waals surface area contributed by atoms with Gasteiger partial charge in [-0.1, -0.05) is 37.3 Å². The minimum Gasteiger partial charge on any atom is -0.484 e. The number of carbonyl (C=O) groups excluding carboxylic acids is 2.